The Kier molecular flexibility index (Phi) is 4.94. The van der Waals surface area contributed by atoms with Crippen molar-refractivity contribution in [2.75, 3.05) is 19.6 Å². The van der Waals surface area contributed by atoms with E-state index in [0.717, 1.165) is 18.5 Å². The molecule has 98 valence electrons. The van der Waals surface area contributed by atoms with Crippen molar-refractivity contribution in [1.82, 2.24) is 4.90 Å². The Morgan fingerprint density at radius 2 is 1.78 bits per heavy atom. The van der Waals surface area contributed by atoms with Gasteiger partial charge in [-0.25, -0.2) is 0 Å². The lowest BCUT2D eigenvalue weighted by Crippen LogP contribution is -2.31. The summed E-state index contributed by atoms with van der Waals surface area (Å²) in [6.07, 6.45) is 5.62. The standard InChI is InChI=1S/C16H23NO/c1-2-14-6-8-15(9-7-14)16(18)10-13-17-11-4-3-5-12-17/h6-9H,2-5,10-13H2,1H3. The van der Waals surface area contributed by atoms with Gasteiger partial charge in [-0.15, -0.1) is 0 Å². The first-order chi connectivity index (χ1) is 8.79. The molecule has 1 saturated heterocycles. The van der Waals surface area contributed by atoms with Gasteiger partial charge in [-0.3, -0.25) is 4.79 Å². The zero-order valence-electron chi connectivity index (χ0n) is 11.3. The minimum absolute atomic E-state index is 0.281. The first-order valence-electron chi connectivity index (χ1n) is 7.14. The average Bonchev–Trinajstić information content (AvgIpc) is 2.46. The summed E-state index contributed by atoms with van der Waals surface area (Å²) in [5, 5.41) is 0. The van der Waals surface area contributed by atoms with E-state index >= 15 is 0 Å². The van der Waals surface area contributed by atoms with Crippen molar-refractivity contribution in [2.24, 2.45) is 0 Å². The van der Waals surface area contributed by atoms with Crippen LogP contribution in [0.4, 0.5) is 0 Å². The Labute approximate surface area is 110 Å². The maximum absolute atomic E-state index is 12.1. The fraction of sp³-hybridized carbons (Fsp3) is 0.562. The Morgan fingerprint density at radius 1 is 1.11 bits per heavy atom. The number of carbonyl (C=O) groups excluding carboxylic acids is 1. The summed E-state index contributed by atoms with van der Waals surface area (Å²) in [7, 11) is 0. The highest BCUT2D eigenvalue weighted by Gasteiger charge is 2.12. The summed E-state index contributed by atoms with van der Waals surface area (Å²) in [6.45, 7) is 5.39. The van der Waals surface area contributed by atoms with Gasteiger partial charge in [-0.2, -0.15) is 0 Å². The van der Waals surface area contributed by atoms with Crippen LogP contribution in [-0.2, 0) is 6.42 Å². The minimum Gasteiger partial charge on any atom is -0.303 e. The summed E-state index contributed by atoms with van der Waals surface area (Å²) >= 11 is 0. The van der Waals surface area contributed by atoms with E-state index in [1.54, 1.807) is 0 Å². The van der Waals surface area contributed by atoms with Crippen molar-refractivity contribution in [3.8, 4) is 0 Å². The third-order valence-corrected chi connectivity index (χ3v) is 3.79. The Hall–Kier alpha value is -1.15. The van der Waals surface area contributed by atoms with Gasteiger partial charge in [0.2, 0.25) is 0 Å². The second kappa shape index (κ2) is 6.69. The molecule has 0 spiro atoms. The molecule has 0 N–H and O–H groups in total. The number of carbonyl (C=O) groups is 1. The summed E-state index contributed by atoms with van der Waals surface area (Å²) in [4.78, 5) is 14.5. The number of aryl methyl sites for hydroxylation is 1. The largest absolute Gasteiger partial charge is 0.303 e. The monoisotopic (exact) mass is 245 g/mol. The van der Waals surface area contributed by atoms with Gasteiger partial charge in [0.05, 0.1) is 0 Å². The smallest absolute Gasteiger partial charge is 0.164 e. The average molecular weight is 245 g/mol. The van der Waals surface area contributed by atoms with Crippen LogP contribution >= 0.6 is 0 Å². The van der Waals surface area contributed by atoms with Crippen molar-refractivity contribution in [3.63, 3.8) is 0 Å². The third kappa shape index (κ3) is 3.67. The van der Waals surface area contributed by atoms with Gasteiger partial charge in [0, 0.05) is 18.5 Å². The summed E-state index contributed by atoms with van der Waals surface area (Å²) in [6, 6.07) is 8.07. The van der Waals surface area contributed by atoms with Crippen LogP contribution in [-0.4, -0.2) is 30.3 Å². The van der Waals surface area contributed by atoms with E-state index in [1.807, 2.05) is 12.1 Å². The maximum atomic E-state index is 12.1. The second-order valence-electron chi connectivity index (χ2n) is 5.13. The Balaban J connectivity index is 1.82. The van der Waals surface area contributed by atoms with Crippen LogP contribution in [0.2, 0.25) is 0 Å². The van der Waals surface area contributed by atoms with Crippen LogP contribution in [0.5, 0.6) is 0 Å². The normalized spacial score (nSPS) is 16.7. The SMILES string of the molecule is CCc1ccc(C(=O)CCN2CCCCC2)cc1. The van der Waals surface area contributed by atoms with Crippen LogP contribution < -0.4 is 0 Å². The van der Waals surface area contributed by atoms with Gasteiger partial charge in [0.25, 0.3) is 0 Å². The highest BCUT2D eigenvalue weighted by molar-refractivity contribution is 5.96. The van der Waals surface area contributed by atoms with E-state index in [-0.39, 0.29) is 5.78 Å². The third-order valence-electron chi connectivity index (χ3n) is 3.79. The predicted molar refractivity (Wildman–Crippen MR) is 75.1 cm³/mol. The lowest BCUT2D eigenvalue weighted by molar-refractivity contribution is 0.0958. The van der Waals surface area contributed by atoms with E-state index < -0.39 is 0 Å². The van der Waals surface area contributed by atoms with E-state index in [1.165, 1.54) is 37.9 Å². The molecule has 0 atom stereocenters. The first kappa shape index (κ1) is 13.3. The highest BCUT2D eigenvalue weighted by Crippen LogP contribution is 2.11. The number of nitrogens with zero attached hydrogens (tertiary/aromatic N) is 1. The molecule has 0 bridgehead atoms. The summed E-state index contributed by atoms with van der Waals surface area (Å²) in [5.41, 5.74) is 2.16. The number of piperidine rings is 1. The molecule has 1 heterocycles. The van der Waals surface area contributed by atoms with E-state index in [0.29, 0.717) is 6.42 Å². The number of benzene rings is 1. The fourth-order valence-electron chi connectivity index (χ4n) is 2.51. The molecule has 2 rings (SSSR count). The number of likely N-dealkylation sites (tertiary alicyclic amines) is 1. The quantitative estimate of drug-likeness (QED) is 0.742. The molecule has 0 amide bonds. The Morgan fingerprint density at radius 3 is 2.39 bits per heavy atom. The van der Waals surface area contributed by atoms with E-state index in [9.17, 15) is 4.79 Å². The first-order valence-corrected chi connectivity index (χ1v) is 7.14. The van der Waals surface area contributed by atoms with Crippen LogP contribution in [0.15, 0.2) is 24.3 Å². The lowest BCUT2D eigenvalue weighted by Gasteiger charge is -2.25. The van der Waals surface area contributed by atoms with Crippen LogP contribution in [0.25, 0.3) is 0 Å². The van der Waals surface area contributed by atoms with Crippen LogP contribution in [0.1, 0.15) is 48.5 Å². The fourth-order valence-corrected chi connectivity index (χ4v) is 2.51. The number of rotatable bonds is 5. The molecule has 1 aliphatic heterocycles. The van der Waals surface area contributed by atoms with Crippen molar-refractivity contribution < 1.29 is 4.79 Å². The van der Waals surface area contributed by atoms with Crippen molar-refractivity contribution >= 4 is 5.78 Å². The molecule has 1 aliphatic rings. The van der Waals surface area contributed by atoms with Crippen molar-refractivity contribution in [2.45, 2.75) is 39.0 Å². The van der Waals surface area contributed by atoms with Gasteiger partial charge in [-0.1, -0.05) is 37.6 Å². The van der Waals surface area contributed by atoms with Gasteiger partial charge in [-0.05, 0) is 37.9 Å². The molecule has 1 aromatic rings. The van der Waals surface area contributed by atoms with Crippen LogP contribution in [0.3, 0.4) is 0 Å². The topological polar surface area (TPSA) is 20.3 Å². The molecule has 1 fully saturated rings. The number of hydrogen-bond acceptors (Lipinski definition) is 2. The zero-order valence-corrected chi connectivity index (χ0v) is 11.3. The molecule has 0 unspecified atom stereocenters. The van der Waals surface area contributed by atoms with Crippen LogP contribution in [0, 0.1) is 0 Å². The van der Waals surface area contributed by atoms with E-state index in [2.05, 4.69) is 24.0 Å². The minimum atomic E-state index is 0.281. The summed E-state index contributed by atoms with van der Waals surface area (Å²) < 4.78 is 0. The number of ketones is 1. The van der Waals surface area contributed by atoms with Gasteiger partial charge >= 0.3 is 0 Å². The molecule has 0 aromatic heterocycles. The molecule has 2 nitrogen and oxygen atoms in total. The molecular weight excluding hydrogens is 222 g/mol. The van der Waals surface area contributed by atoms with Crippen molar-refractivity contribution in [1.29, 1.82) is 0 Å². The molecule has 2 heteroatoms. The number of hydrogen-bond donors (Lipinski definition) is 0. The molecule has 0 radical (unpaired) electrons. The van der Waals surface area contributed by atoms with Gasteiger partial charge in [0.1, 0.15) is 0 Å². The van der Waals surface area contributed by atoms with Gasteiger partial charge < -0.3 is 4.90 Å². The van der Waals surface area contributed by atoms with E-state index in [4.69, 9.17) is 0 Å². The summed E-state index contributed by atoms with van der Waals surface area (Å²) in [5.74, 6) is 0.281. The maximum Gasteiger partial charge on any atom is 0.164 e. The second-order valence-corrected chi connectivity index (χ2v) is 5.13. The molecule has 0 aliphatic carbocycles. The van der Waals surface area contributed by atoms with Gasteiger partial charge in [0.15, 0.2) is 5.78 Å². The highest BCUT2D eigenvalue weighted by atomic mass is 16.1. The Bertz CT molecular complexity index is 377. The molecule has 0 saturated carbocycles. The molecule has 1 aromatic carbocycles. The number of Topliss-reactive ketones (excluding diaryl/α,β-unsaturated/α-hetero) is 1. The lowest BCUT2D eigenvalue weighted by atomic mass is 10.0. The van der Waals surface area contributed by atoms with Crippen molar-refractivity contribution in [3.05, 3.63) is 35.4 Å². The molecular formula is C16H23NO. The zero-order chi connectivity index (χ0) is 12.8. The molecule has 18 heavy (non-hydrogen) atoms. The predicted octanol–water partition coefficient (Wildman–Crippen LogP) is 3.31.